The van der Waals surface area contributed by atoms with Crippen LogP contribution in [0.1, 0.15) is 18.9 Å². The van der Waals surface area contributed by atoms with Gasteiger partial charge in [0.25, 0.3) is 0 Å². The second kappa shape index (κ2) is 4.27. The summed E-state index contributed by atoms with van der Waals surface area (Å²) in [5.41, 5.74) is 8.02. The van der Waals surface area contributed by atoms with Crippen molar-refractivity contribution in [1.82, 2.24) is 10.3 Å². The quantitative estimate of drug-likeness (QED) is 0.873. The van der Waals surface area contributed by atoms with E-state index in [9.17, 15) is 0 Å². The fourth-order valence-electron chi connectivity index (χ4n) is 2.18. The van der Waals surface area contributed by atoms with Crippen molar-refractivity contribution in [3.05, 3.63) is 23.8 Å². The van der Waals surface area contributed by atoms with E-state index in [0.717, 1.165) is 30.4 Å². The summed E-state index contributed by atoms with van der Waals surface area (Å²) < 4.78 is 1.18. The Balaban J connectivity index is 1.64. The van der Waals surface area contributed by atoms with E-state index < -0.39 is 0 Å². The number of anilines is 1. The Hall–Kier alpha value is -1.13. The summed E-state index contributed by atoms with van der Waals surface area (Å²) in [4.78, 5) is 4.26. The van der Waals surface area contributed by atoms with Crippen LogP contribution in [0, 0.1) is 11.8 Å². The number of nitrogen functional groups attached to an aromatic ring is 1. The number of fused-ring (bicyclic) bond motifs is 1. The van der Waals surface area contributed by atoms with Crippen LogP contribution >= 0.6 is 11.3 Å². The van der Waals surface area contributed by atoms with E-state index in [2.05, 4.69) is 35.4 Å². The van der Waals surface area contributed by atoms with Gasteiger partial charge in [-0.3, -0.25) is 0 Å². The number of nitrogens with one attached hydrogen (secondary N) is 1. The van der Waals surface area contributed by atoms with Crippen LogP contribution in [0.4, 0.5) is 5.13 Å². The van der Waals surface area contributed by atoms with Gasteiger partial charge in [0.05, 0.1) is 10.2 Å². The fraction of sp³-hybridized carbons (Fsp3) is 0.462. The van der Waals surface area contributed by atoms with E-state index in [0.29, 0.717) is 5.13 Å². The maximum absolute atomic E-state index is 5.70. The summed E-state index contributed by atoms with van der Waals surface area (Å²) in [6, 6.07) is 6.37. The van der Waals surface area contributed by atoms with Gasteiger partial charge in [-0.05, 0) is 42.5 Å². The van der Waals surface area contributed by atoms with E-state index in [1.165, 1.54) is 16.7 Å². The molecule has 0 spiro atoms. The van der Waals surface area contributed by atoms with E-state index in [4.69, 9.17) is 5.73 Å². The minimum absolute atomic E-state index is 0.650. The third-order valence-corrected chi connectivity index (χ3v) is 4.33. The van der Waals surface area contributed by atoms with Crippen LogP contribution in [0.3, 0.4) is 0 Å². The van der Waals surface area contributed by atoms with Crippen molar-refractivity contribution >= 4 is 26.7 Å². The molecule has 0 radical (unpaired) electrons. The van der Waals surface area contributed by atoms with Crippen molar-refractivity contribution in [2.24, 2.45) is 11.8 Å². The van der Waals surface area contributed by atoms with Crippen LogP contribution in [0.15, 0.2) is 18.2 Å². The third kappa shape index (κ3) is 2.42. The zero-order valence-electron chi connectivity index (χ0n) is 9.94. The van der Waals surface area contributed by atoms with Gasteiger partial charge in [-0.1, -0.05) is 24.3 Å². The van der Waals surface area contributed by atoms with Crippen molar-refractivity contribution in [3.8, 4) is 0 Å². The van der Waals surface area contributed by atoms with E-state index in [-0.39, 0.29) is 0 Å². The Morgan fingerprint density at radius 3 is 3.12 bits per heavy atom. The summed E-state index contributed by atoms with van der Waals surface area (Å²) in [6.07, 6.45) is 1.39. The fourth-order valence-corrected chi connectivity index (χ4v) is 2.98. The third-order valence-electron chi connectivity index (χ3n) is 3.48. The molecule has 1 aromatic carbocycles. The summed E-state index contributed by atoms with van der Waals surface area (Å²) in [5.74, 6) is 1.82. The van der Waals surface area contributed by atoms with Gasteiger partial charge < -0.3 is 11.1 Å². The predicted octanol–water partition coefficient (Wildman–Crippen LogP) is 2.62. The van der Waals surface area contributed by atoms with Crippen LogP contribution in [-0.4, -0.2) is 11.5 Å². The molecule has 1 aromatic heterocycles. The second-order valence-corrected chi connectivity index (χ2v) is 6.02. The molecule has 1 fully saturated rings. The lowest BCUT2D eigenvalue weighted by Crippen LogP contribution is -2.16. The summed E-state index contributed by atoms with van der Waals surface area (Å²) in [5, 5.41) is 4.17. The first-order valence-electron chi connectivity index (χ1n) is 6.08. The standard InChI is InChI=1S/C13H17N3S/c1-8-4-10(8)7-15-6-9-2-3-11-12(5-9)17-13(14)16-11/h2-3,5,8,10,15H,4,6-7H2,1H3,(H2,14,16). The Morgan fingerprint density at radius 1 is 1.53 bits per heavy atom. The highest BCUT2D eigenvalue weighted by Crippen LogP contribution is 2.36. The zero-order valence-corrected chi connectivity index (χ0v) is 10.8. The SMILES string of the molecule is CC1CC1CNCc1ccc2nc(N)sc2c1. The van der Waals surface area contributed by atoms with Crippen molar-refractivity contribution in [2.45, 2.75) is 19.9 Å². The lowest BCUT2D eigenvalue weighted by molar-refractivity contribution is 0.612. The molecule has 1 saturated carbocycles. The Kier molecular flexibility index (Phi) is 2.76. The van der Waals surface area contributed by atoms with Crippen molar-refractivity contribution in [2.75, 3.05) is 12.3 Å². The average molecular weight is 247 g/mol. The minimum atomic E-state index is 0.650. The van der Waals surface area contributed by atoms with Gasteiger partial charge in [0, 0.05) is 6.54 Å². The highest BCUT2D eigenvalue weighted by atomic mass is 32.1. The second-order valence-electron chi connectivity index (χ2n) is 4.96. The molecular weight excluding hydrogens is 230 g/mol. The first kappa shape index (κ1) is 11.0. The molecule has 0 amide bonds. The summed E-state index contributed by atoms with van der Waals surface area (Å²) in [7, 11) is 0. The molecule has 0 aliphatic heterocycles. The van der Waals surface area contributed by atoms with Crippen LogP contribution in [0.5, 0.6) is 0 Å². The monoisotopic (exact) mass is 247 g/mol. The Bertz CT molecular complexity index is 534. The Morgan fingerprint density at radius 2 is 2.35 bits per heavy atom. The first-order chi connectivity index (χ1) is 8.22. The molecule has 4 heteroatoms. The average Bonchev–Trinajstić information content (AvgIpc) is 2.86. The van der Waals surface area contributed by atoms with Gasteiger partial charge in [0.1, 0.15) is 0 Å². The van der Waals surface area contributed by atoms with Gasteiger partial charge in [0.2, 0.25) is 0 Å². The van der Waals surface area contributed by atoms with E-state index in [1.54, 1.807) is 11.3 Å². The maximum atomic E-state index is 5.70. The Labute approximate surface area is 105 Å². The highest BCUT2D eigenvalue weighted by Gasteiger charge is 2.31. The van der Waals surface area contributed by atoms with Gasteiger partial charge in [0.15, 0.2) is 5.13 Å². The van der Waals surface area contributed by atoms with Crippen LogP contribution in [0.2, 0.25) is 0 Å². The number of hydrogen-bond acceptors (Lipinski definition) is 4. The van der Waals surface area contributed by atoms with Crippen LogP contribution in [0.25, 0.3) is 10.2 Å². The van der Waals surface area contributed by atoms with Gasteiger partial charge in [-0.2, -0.15) is 0 Å². The number of benzene rings is 1. The molecule has 17 heavy (non-hydrogen) atoms. The molecule has 1 aliphatic carbocycles. The number of aromatic nitrogens is 1. The molecule has 1 aliphatic rings. The number of nitrogens with two attached hydrogens (primary N) is 1. The lowest BCUT2D eigenvalue weighted by Gasteiger charge is -2.03. The maximum Gasteiger partial charge on any atom is 0.181 e. The zero-order chi connectivity index (χ0) is 11.8. The molecule has 90 valence electrons. The smallest absolute Gasteiger partial charge is 0.181 e. The van der Waals surface area contributed by atoms with E-state index in [1.807, 2.05) is 0 Å². The number of nitrogens with zero attached hydrogens (tertiary/aromatic N) is 1. The topological polar surface area (TPSA) is 50.9 Å². The molecule has 1 heterocycles. The lowest BCUT2D eigenvalue weighted by atomic mass is 10.2. The molecule has 3 nitrogen and oxygen atoms in total. The molecular formula is C13H17N3S. The van der Waals surface area contributed by atoms with E-state index >= 15 is 0 Å². The highest BCUT2D eigenvalue weighted by molar-refractivity contribution is 7.22. The van der Waals surface area contributed by atoms with Gasteiger partial charge in [-0.15, -0.1) is 0 Å². The summed E-state index contributed by atoms with van der Waals surface area (Å²) >= 11 is 1.56. The number of thiazole rings is 1. The van der Waals surface area contributed by atoms with Gasteiger partial charge >= 0.3 is 0 Å². The van der Waals surface area contributed by atoms with Crippen molar-refractivity contribution < 1.29 is 0 Å². The molecule has 3 N–H and O–H groups in total. The molecule has 2 atom stereocenters. The molecule has 0 bridgehead atoms. The normalized spacial score (nSPS) is 23.1. The van der Waals surface area contributed by atoms with Gasteiger partial charge in [-0.25, -0.2) is 4.98 Å². The first-order valence-corrected chi connectivity index (χ1v) is 6.89. The van der Waals surface area contributed by atoms with Crippen molar-refractivity contribution in [3.63, 3.8) is 0 Å². The number of hydrogen-bond donors (Lipinski definition) is 2. The largest absolute Gasteiger partial charge is 0.375 e. The number of rotatable bonds is 4. The molecule has 3 rings (SSSR count). The molecule has 0 saturated heterocycles. The predicted molar refractivity (Wildman–Crippen MR) is 73.0 cm³/mol. The van der Waals surface area contributed by atoms with Crippen LogP contribution in [-0.2, 0) is 6.54 Å². The van der Waals surface area contributed by atoms with Crippen molar-refractivity contribution in [1.29, 1.82) is 0 Å². The molecule has 2 unspecified atom stereocenters. The minimum Gasteiger partial charge on any atom is -0.375 e. The van der Waals surface area contributed by atoms with Crippen LogP contribution < -0.4 is 11.1 Å². The summed E-state index contributed by atoms with van der Waals surface area (Å²) in [6.45, 7) is 4.40. The molecule has 2 aromatic rings.